The van der Waals surface area contributed by atoms with Gasteiger partial charge in [-0.3, -0.25) is 19.6 Å². The lowest BCUT2D eigenvalue weighted by Crippen LogP contribution is -2.40. The molecule has 2 aromatic heterocycles. The first-order chi connectivity index (χ1) is 12.5. The Labute approximate surface area is 152 Å². The third-order valence-corrected chi connectivity index (χ3v) is 5.77. The Morgan fingerprint density at radius 1 is 1.27 bits per heavy atom. The van der Waals surface area contributed by atoms with Crippen molar-refractivity contribution in [1.82, 2.24) is 14.9 Å². The van der Waals surface area contributed by atoms with Crippen molar-refractivity contribution in [3.8, 4) is 0 Å². The van der Waals surface area contributed by atoms with Crippen molar-refractivity contribution in [3.05, 3.63) is 54.1 Å². The van der Waals surface area contributed by atoms with Crippen molar-refractivity contribution in [1.29, 1.82) is 0 Å². The Kier molecular flexibility index (Phi) is 3.98. The molecule has 26 heavy (non-hydrogen) atoms. The second-order valence-electron chi connectivity index (χ2n) is 7.35. The molecule has 2 amide bonds. The molecule has 6 heteroatoms. The van der Waals surface area contributed by atoms with Crippen molar-refractivity contribution >= 4 is 17.5 Å². The number of aryl methyl sites for hydroxylation is 1. The molecule has 2 saturated heterocycles. The minimum atomic E-state index is -0.496. The maximum absolute atomic E-state index is 13.2. The lowest BCUT2D eigenvalue weighted by Gasteiger charge is -2.26. The third-order valence-electron chi connectivity index (χ3n) is 5.77. The molecule has 1 spiro atoms. The smallest absolute Gasteiger partial charge is 0.255 e. The predicted octanol–water partition coefficient (Wildman–Crippen LogP) is 2.30. The zero-order valence-corrected chi connectivity index (χ0v) is 15.1. The molecule has 2 atom stereocenters. The minimum Gasteiger partial charge on any atom is -0.337 e. The van der Waals surface area contributed by atoms with Gasteiger partial charge in [-0.15, -0.1) is 0 Å². The molecule has 134 valence electrons. The average Bonchev–Trinajstić information content (AvgIpc) is 3.17. The Balaban J connectivity index is 1.56. The van der Waals surface area contributed by atoms with E-state index in [1.807, 2.05) is 34.9 Å². The number of anilines is 1. The predicted molar refractivity (Wildman–Crippen MR) is 97.7 cm³/mol. The molecule has 0 radical (unpaired) electrons. The summed E-state index contributed by atoms with van der Waals surface area (Å²) in [5.41, 5.74) is 1.79. The normalized spacial score (nSPS) is 25.3. The molecule has 0 bridgehead atoms. The third kappa shape index (κ3) is 2.57. The van der Waals surface area contributed by atoms with Crippen molar-refractivity contribution in [3.63, 3.8) is 0 Å². The lowest BCUT2D eigenvalue weighted by molar-refractivity contribution is -0.126. The van der Waals surface area contributed by atoms with Crippen LogP contribution in [0.1, 0.15) is 29.4 Å². The molecule has 0 N–H and O–H groups in total. The fraction of sp³-hybridized carbons (Fsp3) is 0.400. The summed E-state index contributed by atoms with van der Waals surface area (Å²) in [4.78, 5) is 38.0. The van der Waals surface area contributed by atoms with E-state index < -0.39 is 5.41 Å². The van der Waals surface area contributed by atoms with Gasteiger partial charge in [-0.05, 0) is 43.5 Å². The highest BCUT2D eigenvalue weighted by Gasteiger charge is 2.56. The largest absolute Gasteiger partial charge is 0.337 e. The summed E-state index contributed by atoms with van der Waals surface area (Å²) in [6.45, 7) is 5.70. The van der Waals surface area contributed by atoms with Crippen LogP contribution in [-0.2, 0) is 4.79 Å². The highest BCUT2D eigenvalue weighted by molar-refractivity contribution is 6.01. The highest BCUT2D eigenvalue weighted by Crippen LogP contribution is 2.46. The van der Waals surface area contributed by atoms with E-state index in [1.165, 1.54) is 0 Å². The molecule has 0 aliphatic carbocycles. The van der Waals surface area contributed by atoms with Gasteiger partial charge in [0.25, 0.3) is 5.91 Å². The quantitative estimate of drug-likeness (QED) is 0.834. The van der Waals surface area contributed by atoms with Gasteiger partial charge in [-0.1, -0.05) is 6.92 Å². The first kappa shape index (κ1) is 16.7. The summed E-state index contributed by atoms with van der Waals surface area (Å²) in [7, 11) is 0. The first-order valence-electron chi connectivity index (χ1n) is 8.95. The molecule has 2 aromatic rings. The van der Waals surface area contributed by atoms with Gasteiger partial charge in [-0.2, -0.15) is 0 Å². The van der Waals surface area contributed by atoms with Crippen molar-refractivity contribution in [2.75, 3.05) is 24.5 Å². The Hall–Kier alpha value is -2.76. The minimum absolute atomic E-state index is 0.0474. The maximum atomic E-state index is 13.2. The number of carbonyl (C=O) groups is 2. The Morgan fingerprint density at radius 2 is 2.12 bits per heavy atom. The van der Waals surface area contributed by atoms with Crippen LogP contribution in [0.15, 0.2) is 42.9 Å². The van der Waals surface area contributed by atoms with Gasteiger partial charge >= 0.3 is 0 Å². The summed E-state index contributed by atoms with van der Waals surface area (Å²) >= 11 is 0. The number of hydrogen-bond acceptors (Lipinski definition) is 4. The number of nitrogens with zero attached hydrogens (tertiary/aromatic N) is 4. The van der Waals surface area contributed by atoms with Crippen LogP contribution in [0.2, 0.25) is 0 Å². The van der Waals surface area contributed by atoms with Gasteiger partial charge in [0.05, 0.1) is 22.9 Å². The SMILES string of the molecule is Cc1ccc(C(=O)N2C[C@@H](C)[C@@]3(CCN(c4cccnc4)C3=O)C2)cn1. The molecular formula is C20H22N4O2. The van der Waals surface area contributed by atoms with Crippen LogP contribution in [0.5, 0.6) is 0 Å². The Morgan fingerprint density at radius 3 is 2.81 bits per heavy atom. The van der Waals surface area contributed by atoms with Crippen LogP contribution in [0.25, 0.3) is 0 Å². The van der Waals surface area contributed by atoms with Crippen LogP contribution in [0.3, 0.4) is 0 Å². The number of amides is 2. The molecule has 2 aliphatic rings. The average molecular weight is 350 g/mol. The summed E-state index contributed by atoms with van der Waals surface area (Å²) < 4.78 is 0. The number of carbonyl (C=O) groups excluding carboxylic acids is 2. The van der Waals surface area contributed by atoms with E-state index in [2.05, 4.69) is 16.9 Å². The highest BCUT2D eigenvalue weighted by atomic mass is 16.2. The van der Waals surface area contributed by atoms with E-state index in [-0.39, 0.29) is 17.7 Å². The van der Waals surface area contributed by atoms with Crippen molar-refractivity contribution in [2.45, 2.75) is 20.3 Å². The van der Waals surface area contributed by atoms with E-state index in [0.29, 0.717) is 25.2 Å². The van der Waals surface area contributed by atoms with Gasteiger partial charge < -0.3 is 9.80 Å². The second kappa shape index (κ2) is 6.20. The maximum Gasteiger partial charge on any atom is 0.255 e. The van der Waals surface area contributed by atoms with Crippen LogP contribution in [0.4, 0.5) is 5.69 Å². The van der Waals surface area contributed by atoms with Gasteiger partial charge in [0.15, 0.2) is 0 Å². The van der Waals surface area contributed by atoms with Crippen LogP contribution >= 0.6 is 0 Å². The van der Waals surface area contributed by atoms with E-state index in [9.17, 15) is 9.59 Å². The second-order valence-corrected chi connectivity index (χ2v) is 7.35. The molecule has 2 aliphatic heterocycles. The first-order valence-corrected chi connectivity index (χ1v) is 8.95. The molecule has 0 unspecified atom stereocenters. The molecule has 0 saturated carbocycles. The lowest BCUT2D eigenvalue weighted by atomic mass is 9.78. The van der Waals surface area contributed by atoms with Crippen molar-refractivity contribution < 1.29 is 9.59 Å². The standard InChI is InChI=1S/C20H22N4O2/c1-14-12-23(18(25)16-6-5-15(2)22-10-16)13-20(14)7-9-24(19(20)26)17-4-3-8-21-11-17/h3-6,8,10-11,14H,7,9,12-13H2,1-2H3/t14-,20-/m1/s1. The monoisotopic (exact) mass is 350 g/mol. The number of pyridine rings is 2. The number of aromatic nitrogens is 2. The fourth-order valence-electron chi connectivity index (χ4n) is 4.15. The number of likely N-dealkylation sites (tertiary alicyclic amines) is 1. The number of hydrogen-bond donors (Lipinski definition) is 0. The summed E-state index contributed by atoms with van der Waals surface area (Å²) in [6, 6.07) is 7.39. The zero-order valence-electron chi connectivity index (χ0n) is 15.1. The topological polar surface area (TPSA) is 66.4 Å². The summed E-state index contributed by atoms with van der Waals surface area (Å²) in [6.07, 6.45) is 5.80. The van der Waals surface area contributed by atoms with Crippen LogP contribution in [0, 0.1) is 18.3 Å². The van der Waals surface area contributed by atoms with Crippen LogP contribution in [-0.4, -0.2) is 46.3 Å². The van der Waals surface area contributed by atoms with Crippen molar-refractivity contribution in [2.24, 2.45) is 11.3 Å². The van der Waals surface area contributed by atoms with Gasteiger partial charge in [0.1, 0.15) is 0 Å². The molecule has 0 aromatic carbocycles. The molecule has 4 rings (SSSR count). The number of rotatable bonds is 2. The summed E-state index contributed by atoms with van der Waals surface area (Å²) in [5, 5.41) is 0. The van der Waals surface area contributed by atoms with E-state index in [1.54, 1.807) is 24.7 Å². The van der Waals surface area contributed by atoms with E-state index in [4.69, 9.17) is 0 Å². The van der Waals surface area contributed by atoms with E-state index >= 15 is 0 Å². The molecule has 6 nitrogen and oxygen atoms in total. The Bertz CT molecular complexity index is 837. The van der Waals surface area contributed by atoms with Gasteiger partial charge in [0, 0.05) is 37.7 Å². The summed E-state index contributed by atoms with van der Waals surface area (Å²) in [5.74, 6) is 0.184. The van der Waals surface area contributed by atoms with Gasteiger partial charge in [0.2, 0.25) is 5.91 Å². The van der Waals surface area contributed by atoms with Crippen LogP contribution < -0.4 is 4.90 Å². The zero-order chi connectivity index (χ0) is 18.3. The van der Waals surface area contributed by atoms with Gasteiger partial charge in [-0.25, -0.2) is 0 Å². The fourth-order valence-corrected chi connectivity index (χ4v) is 4.15. The van der Waals surface area contributed by atoms with E-state index in [0.717, 1.165) is 17.8 Å². The molecular weight excluding hydrogens is 328 g/mol. The molecule has 4 heterocycles. The molecule has 2 fully saturated rings.